The van der Waals surface area contributed by atoms with Crippen molar-refractivity contribution in [2.24, 2.45) is 0 Å². The van der Waals surface area contributed by atoms with Crippen LogP contribution in [0, 0.1) is 0 Å². The van der Waals surface area contributed by atoms with Crippen LogP contribution in [0.2, 0.25) is 25.7 Å². The second-order valence-corrected chi connectivity index (χ2v) is 20.1. The summed E-state index contributed by atoms with van der Waals surface area (Å²) in [6.45, 7) is 15.1. The Hall–Kier alpha value is -0.733. The molecule has 1 N–H and O–H groups in total. The lowest BCUT2D eigenvalue weighted by Crippen LogP contribution is -2.42. The van der Waals surface area contributed by atoms with Gasteiger partial charge in [-0.2, -0.15) is 0 Å². The van der Waals surface area contributed by atoms with E-state index in [-0.39, 0.29) is 10.8 Å². The molecule has 2 aromatic heterocycles. The number of halogens is 1. The van der Waals surface area contributed by atoms with Crippen LogP contribution in [0.25, 0.3) is 0 Å². The first-order chi connectivity index (χ1) is 17.4. The second kappa shape index (κ2) is 13.6. The Labute approximate surface area is 233 Å². The number of hydrogen-bond acceptors (Lipinski definition) is 8. The highest BCUT2D eigenvalue weighted by Crippen LogP contribution is 2.36. The predicted molar refractivity (Wildman–Crippen MR) is 151 cm³/mol. The Balaban J connectivity index is 1.61. The largest absolute Gasteiger partial charge is 0.598 e. The van der Waals surface area contributed by atoms with Gasteiger partial charge in [-0.1, -0.05) is 32.5 Å². The summed E-state index contributed by atoms with van der Waals surface area (Å²) in [7, 11) is -1.17. The molecule has 2 atom stereocenters. The first-order valence-electron chi connectivity index (χ1n) is 13.1. The van der Waals surface area contributed by atoms with E-state index in [4.69, 9.17) is 18.6 Å². The number of aromatic nitrogens is 3. The Morgan fingerprint density at radius 3 is 2.57 bits per heavy atom. The number of ether oxygens (including phenoxy) is 3. The van der Waals surface area contributed by atoms with Gasteiger partial charge < -0.3 is 23.2 Å². The van der Waals surface area contributed by atoms with Crippen LogP contribution in [0.1, 0.15) is 70.6 Å². The van der Waals surface area contributed by atoms with Crippen molar-refractivity contribution in [2.75, 3.05) is 19.8 Å². The second-order valence-electron chi connectivity index (χ2n) is 11.7. The number of nitrogens with zero attached hydrogens (tertiary/aromatic N) is 3. The van der Waals surface area contributed by atoms with Gasteiger partial charge in [0.15, 0.2) is 0 Å². The molecule has 1 fully saturated rings. The van der Waals surface area contributed by atoms with Crippen LogP contribution in [0.4, 0.5) is 0 Å². The highest BCUT2D eigenvalue weighted by Gasteiger charge is 2.42. The first kappa shape index (κ1) is 30.8. The Kier molecular flexibility index (Phi) is 11.3. The number of nitrogens with one attached hydrogen (secondary N) is 1. The fourth-order valence-electron chi connectivity index (χ4n) is 3.98. The molecule has 1 saturated heterocycles. The average molecular weight is 620 g/mol. The quantitative estimate of drug-likeness (QED) is 0.150. The fraction of sp³-hybridized carbons (Fsp3) is 0.760. The Morgan fingerprint density at radius 1 is 1.22 bits per heavy atom. The third kappa shape index (κ3) is 9.16. The molecule has 1 aliphatic heterocycles. The zero-order valence-corrected chi connectivity index (χ0v) is 26.5. The molecule has 2 aromatic rings. The molecule has 210 valence electrons. The van der Waals surface area contributed by atoms with Gasteiger partial charge in [0.2, 0.25) is 5.79 Å². The number of imidazole rings is 1. The van der Waals surface area contributed by atoms with Crippen LogP contribution < -0.4 is 4.72 Å². The molecule has 0 spiro atoms. The summed E-state index contributed by atoms with van der Waals surface area (Å²) < 4.78 is 42.2. The van der Waals surface area contributed by atoms with Crippen molar-refractivity contribution < 1.29 is 23.2 Å². The molecule has 3 heterocycles. The van der Waals surface area contributed by atoms with Crippen molar-refractivity contribution in [1.82, 2.24) is 19.3 Å². The highest BCUT2D eigenvalue weighted by molar-refractivity contribution is 9.10. The van der Waals surface area contributed by atoms with Gasteiger partial charge >= 0.3 is 0 Å². The molecule has 1 aliphatic rings. The Bertz CT molecular complexity index is 942. The van der Waals surface area contributed by atoms with E-state index in [2.05, 4.69) is 50.3 Å². The van der Waals surface area contributed by atoms with Gasteiger partial charge in [0.05, 0.1) is 25.6 Å². The lowest BCUT2D eigenvalue weighted by molar-refractivity contribution is -0.187. The smallest absolute Gasteiger partial charge is 0.255 e. The predicted octanol–water partition coefficient (Wildman–Crippen LogP) is 5.89. The van der Waals surface area contributed by atoms with Gasteiger partial charge in [0, 0.05) is 32.5 Å². The molecule has 3 rings (SSSR count). The average Bonchev–Trinajstić information content (AvgIpc) is 3.56. The maximum absolute atomic E-state index is 13.0. The maximum atomic E-state index is 13.0. The third-order valence-corrected chi connectivity index (χ3v) is 10.1. The minimum atomic E-state index is -1.24. The topological polar surface area (TPSA) is 107 Å². The van der Waals surface area contributed by atoms with E-state index in [0.29, 0.717) is 32.3 Å². The maximum Gasteiger partial charge on any atom is 0.255 e. The van der Waals surface area contributed by atoms with E-state index >= 15 is 0 Å². The Morgan fingerprint density at radius 2 is 1.95 bits per heavy atom. The van der Waals surface area contributed by atoms with Gasteiger partial charge in [-0.05, 0) is 55.6 Å². The SMILES string of the molecule is CC(C)(C)[S@+]([O-])NC(CCCCCC1(c2ncco2)OCCO1)c1ncc(Br)n1COCC[Si](C)(C)C. The van der Waals surface area contributed by atoms with Crippen LogP contribution in [0.15, 0.2) is 27.7 Å². The molecule has 0 bridgehead atoms. The molecule has 0 aromatic carbocycles. The van der Waals surface area contributed by atoms with Crippen molar-refractivity contribution in [3.8, 4) is 0 Å². The van der Waals surface area contributed by atoms with E-state index in [9.17, 15) is 4.55 Å². The van der Waals surface area contributed by atoms with Crippen molar-refractivity contribution in [3.63, 3.8) is 0 Å². The molecule has 1 unspecified atom stereocenters. The molecular formula is C25H43BrN4O5SSi. The molecular weight excluding hydrogens is 576 g/mol. The molecule has 0 aliphatic carbocycles. The summed E-state index contributed by atoms with van der Waals surface area (Å²) in [4.78, 5) is 8.94. The number of hydrogen-bond donors (Lipinski definition) is 1. The molecule has 12 heteroatoms. The molecule has 37 heavy (non-hydrogen) atoms. The van der Waals surface area contributed by atoms with E-state index < -0.39 is 25.2 Å². The van der Waals surface area contributed by atoms with Gasteiger partial charge in [0.25, 0.3) is 5.89 Å². The summed E-state index contributed by atoms with van der Waals surface area (Å²) in [6.07, 6.45) is 9.16. The normalized spacial score (nSPS) is 17.8. The summed E-state index contributed by atoms with van der Waals surface area (Å²) in [6, 6.07) is 0.930. The van der Waals surface area contributed by atoms with Crippen molar-refractivity contribution in [3.05, 3.63) is 35.0 Å². The summed E-state index contributed by atoms with van der Waals surface area (Å²) in [5.74, 6) is 0.422. The van der Waals surface area contributed by atoms with Crippen molar-refractivity contribution >= 4 is 35.4 Å². The lowest BCUT2D eigenvalue weighted by Gasteiger charge is -2.28. The van der Waals surface area contributed by atoms with Crippen LogP contribution in [0.3, 0.4) is 0 Å². The number of unbranched alkanes of at least 4 members (excludes halogenated alkanes) is 2. The zero-order valence-electron chi connectivity index (χ0n) is 23.0. The fourth-order valence-corrected chi connectivity index (χ4v) is 5.96. The number of rotatable bonds is 15. The van der Waals surface area contributed by atoms with E-state index in [1.54, 1.807) is 18.7 Å². The van der Waals surface area contributed by atoms with E-state index in [1.807, 2.05) is 25.3 Å². The van der Waals surface area contributed by atoms with Gasteiger partial charge in [-0.3, -0.25) is 4.57 Å². The van der Waals surface area contributed by atoms with Gasteiger partial charge in [0.1, 0.15) is 34.2 Å². The summed E-state index contributed by atoms with van der Waals surface area (Å²) >= 11 is 2.38. The monoisotopic (exact) mass is 618 g/mol. The van der Waals surface area contributed by atoms with Crippen molar-refractivity contribution in [2.45, 2.75) is 102 Å². The molecule has 0 amide bonds. The highest BCUT2D eigenvalue weighted by atomic mass is 79.9. The standard InChI is InChI=1S/C25H43BrN4O5SSi/c1-24(2,3)36(31)29-20(22-28-18-21(26)30(22)19-32-16-17-37(4,5)6)10-8-7-9-11-25(34-14-15-35-25)23-27-12-13-33-23/h12-13,18,20,29H,7-11,14-17,19H2,1-6H3/t20?,36-/m0/s1. The van der Waals surface area contributed by atoms with Crippen LogP contribution in [0.5, 0.6) is 0 Å². The lowest BCUT2D eigenvalue weighted by atomic mass is 10.0. The zero-order chi connectivity index (χ0) is 27.1. The van der Waals surface area contributed by atoms with Gasteiger partial charge in [-0.15, -0.1) is 4.72 Å². The summed E-state index contributed by atoms with van der Waals surface area (Å²) in [5, 5.41) is 0. The third-order valence-electron chi connectivity index (χ3n) is 6.18. The van der Waals surface area contributed by atoms with Crippen LogP contribution >= 0.6 is 15.9 Å². The molecule has 9 nitrogen and oxygen atoms in total. The van der Waals surface area contributed by atoms with Crippen LogP contribution in [-0.2, 0) is 38.1 Å². The van der Waals surface area contributed by atoms with Crippen molar-refractivity contribution in [1.29, 1.82) is 0 Å². The van der Waals surface area contributed by atoms with E-state index in [1.165, 1.54) is 0 Å². The van der Waals surface area contributed by atoms with Gasteiger partial charge in [-0.25, -0.2) is 9.97 Å². The minimum absolute atomic E-state index is 0.174. The summed E-state index contributed by atoms with van der Waals surface area (Å²) in [5.41, 5.74) is 0. The number of oxazole rings is 1. The first-order valence-corrected chi connectivity index (χ1v) is 18.7. The van der Waals surface area contributed by atoms with E-state index in [0.717, 1.165) is 48.8 Å². The molecule has 0 radical (unpaired) electrons. The minimum Gasteiger partial charge on any atom is -0.598 e. The van der Waals surface area contributed by atoms with Crippen LogP contribution in [-0.4, -0.2) is 51.7 Å². The molecule has 0 saturated carbocycles.